The molecule has 2 atom stereocenters. The molecular formula is C27H31NO2. The highest BCUT2D eigenvalue weighted by atomic mass is 16.5. The molecule has 156 valence electrons. The van der Waals surface area contributed by atoms with Crippen LogP contribution in [0.4, 0.5) is 0 Å². The minimum Gasteiger partial charge on any atom is -0.380 e. The van der Waals surface area contributed by atoms with Gasteiger partial charge in [-0.1, -0.05) is 91.9 Å². The highest BCUT2D eigenvalue weighted by Crippen LogP contribution is 2.43. The number of nitrogens with zero attached hydrogens (tertiary/aromatic N) is 1. The van der Waals surface area contributed by atoms with Crippen LogP contribution in [0.1, 0.15) is 35.1 Å². The molecule has 3 aromatic carbocycles. The second-order valence-corrected chi connectivity index (χ2v) is 8.06. The van der Waals surface area contributed by atoms with Gasteiger partial charge in [-0.25, -0.2) is 0 Å². The molecule has 0 aliphatic carbocycles. The summed E-state index contributed by atoms with van der Waals surface area (Å²) < 4.78 is 5.56. The van der Waals surface area contributed by atoms with E-state index in [2.05, 4.69) is 60.4 Å². The molecule has 0 radical (unpaired) electrons. The molecular weight excluding hydrogens is 370 g/mol. The number of ether oxygens (including phenoxy) is 1. The lowest BCUT2D eigenvalue weighted by molar-refractivity contribution is 0.000763. The van der Waals surface area contributed by atoms with Crippen LogP contribution in [0.5, 0.6) is 0 Å². The Hall–Kier alpha value is -2.46. The van der Waals surface area contributed by atoms with Gasteiger partial charge in [-0.15, -0.1) is 0 Å². The average Bonchev–Trinajstić information content (AvgIpc) is 2.84. The van der Waals surface area contributed by atoms with Gasteiger partial charge in [-0.2, -0.15) is 0 Å². The van der Waals surface area contributed by atoms with Gasteiger partial charge in [0.2, 0.25) is 0 Å². The van der Waals surface area contributed by atoms with Crippen LogP contribution >= 0.6 is 0 Å². The number of hydrogen-bond acceptors (Lipinski definition) is 3. The van der Waals surface area contributed by atoms with Crippen molar-refractivity contribution in [3.05, 3.63) is 107 Å². The Morgan fingerprint density at radius 1 is 0.833 bits per heavy atom. The lowest BCUT2D eigenvalue weighted by atomic mass is 9.72. The molecule has 3 aromatic rings. The Balaban J connectivity index is 1.83. The Bertz CT molecular complexity index is 905. The molecule has 1 fully saturated rings. The van der Waals surface area contributed by atoms with E-state index in [-0.39, 0.29) is 5.92 Å². The first-order valence-electron chi connectivity index (χ1n) is 10.9. The van der Waals surface area contributed by atoms with Crippen molar-refractivity contribution in [1.29, 1.82) is 0 Å². The number of hydrogen-bond donors (Lipinski definition) is 1. The Morgan fingerprint density at radius 2 is 1.40 bits per heavy atom. The topological polar surface area (TPSA) is 32.7 Å². The molecule has 0 bridgehead atoms. The maximum atomic E-state index is 12.5. The SMILES string of the molecule is CCc1ccc([C@@](O)(c2ccccc2)[C@H](CN2CCOCC2)c2ccccc2)cc1. The smallest absolute Gasteiger partial charge is 0.123 e. The van der Waals surface area contributed by atoms with E-state index < -0.39 is 5.60 Å². The fourth-order valence-electron chi connectivity index (χ4n) is 4.46. The van der Waals surface area contributed by atoms with Crippen LogP contribution in [-0.2, 0) is 16.8 Å². The first-order chi connectivity index (χ1) is 14.7. The summed E-state index contributed by atoms with van der Waals surface area (Å²) in [5.74, 6) is -0.105. The molecule has 0 aromatic heterocycles. The summed E-state index contributed by atoms with van der Waals surface area (Å²) in [4.78, 5) is 2.41. The highest BCUT2D eigenvalue weighted by Gasteiger charge is 2.42. The van der Waals surface area contributed by atoms with Gasteiger partial charge < -0.3 is 9.84 Å². The number of benzene rings is 3. The molecule has 1 aliphatic rings. The van der Waals surface area contributed by atoms with Crippen LogP contribution < -0.4 is 0 Å². The van der Waals surface area contributed by atoms with Crippen LogP contribution in [-0.4, -0.2) is 42.9 Å². The van der Waals surface area contributed by atoms with E-state index in [4.69, 9.17) is 4.74 Å². The number of morpholine rings is 1. The van der Waals surface area contributed by atoms with E-state index in [1.54, 1.807) is 0 Å². The van der Waals surface area contributed by atoms with Crippen LogP contribution in [0.25, 0.3) is 0 Å². The summed E-state index contributed by atoms with van der Waals surface area (Å²) >= 11 is 0. The van der Waals surface area contributed by atoms with Gasteiger partial charge in [0.15, 0.2) is 0 Å². The van der Waals surface area contributed by atoms with Crippen molar-refractivity contribution in [3.63, 3.8) is 0 Å². The summed E-state index contributed by atoms with van der Waals surface area (Å²) in [5, 5.41) is 12.5. The molecule has 0 saturated carbocycles. The molecule has 1 aliphatic heterocycles. The van der Waals surface area contributed by atoms with Crippen molar-refractivity contribution < 1.29 is 9.84 Å². The lowest BCUT2D eigenvalue weighted by Crippen LogP contribution is -2.45. The second-order valence-electron chi connectivity index (χ2n) is 8.06. The van der Waals surface area contributed by atoms with Crippen LogP contribution in [0.3, 0.4) is 0 Å². The van der Waals surface area contributed by atoms with E-state index in [0.29, 0.717) is 0 Å². The monoisotopic (exact) mass is 401 g/mol. The quantitative estimate of drug-likeness (QED) is 0.628. The zero-order chi connectivity index (χ0) is 20.8. The van der Waals surface area contributed by atoms with Gasteiger partial charge >= 0.3 is 0 Å². The molecule has 4 rings (SSSR count). The molecule has 3 nitrogen and oxygen atoms in total. The van der Waals surface area contributed by atoms with Crippen molar-refractivity contribution in [2.24, 2.45) is 0 Å². The minimum absolute atomic E-state index is 0.105. The first kappa shape index (κ1) is 20.8. The number of aryl methyl sites for hydroxylation is 1. The molecule has 1 saturated heterocycles. The molecule has 30 heavy (non-hydrogen) atoms. The molecule has 0 spiro atoms. The van der Waals surface area contributed by atoms with Crippen molar-refractivity contribution in [1.82, 2.24) is 4.90 Å². The third-order valence-electron chi connectivity index (χ3n) is 6.27. The second kappa shape index (κ2) is 9.57. The van der Waals surface area contributed by atoms with Crippen molar-refractivity contribution in [2.75, 3.05) is 32.8 Å². The summed E-state index contributed by atoms with van der Waals surface area (Å²) in [7, 11) is 0. The fourth-order valence-corrected chi connectivity index (χ4v) is 4.46. The van der Waals surface area contributed by atoms with Crippen molar-refractivity contribution in [3.8, 4) is 0 Å². The van der Waals surface area contributed by atoms with E-state index >= 15 is 0 Å². The molecule has 1 heterocycles. The summed E-state index contributed by atoms with van der Waals surface area (Å²) in [6, 6.07) is 29.0. The van der Waals surface area contributed by atoms with Crippen LogP contribution in [0, 0.1) is 0 Å². The highest BCUT2D eigenvalue weighted by molar-refractivity contribution is 5.43. The molecule has 0 unspecified atom stereocenters. The maximum absolute atomic E-state index is 12.5. The van der Waals surface area contributed by atoms with E-state index in [1.807, 2.05) is 36.4 Å². The van der Waals surface area contributed by atoms with Gasteiger partial charge in [-0.3, -0.25) is 4.90 Å². The van der Waals surface area contributed by atoms with Gasteiger partial charge in [0.25, 0.3) is 0 Å². The average molecular weight is 402 g/mol. The van der Waals surface area contributed by atoms with Crippen LogP contribution in [0.15, 0.2) is 84.9 Å². The van der Waals surface area contributed by atoms with Gasteiger partial charge in [-0.05, 0) is 28.7 Å². The minimum atomic E-state index is -1.13. The molecule has 0 amide bonds. The normalized spacial score (nSPS) is 17.9. The van der Waals surface area contributed by atoms with Gasteiger partial charge in [0.05, 0.1) is 13.2 Å². The van der Waals surface area contributed by atoms with Crippen molar-refractivity contribution >= 4 is 0 Å². The van der Waals surface area contributed by atoms with E-state index in [9.17, 15) is 5.11 Å². The number of aliphatic hydroxyl groups is 1. The predicted octanol–water partition coefficient (Wildman–Crippen LogP) is 4.60. The largest absolute Gasteiger partial charge is 0.380 e. The third kappa shape index (κ3) is 4.34. The Morgan fingerprint density at radius 3 is 2.00 bits per heavy atom. The zero-order valence-electron chi connectivity index (χ0n) is 17.7. The Labute approximate surface area is 179 Å². The summed E-state index contributed by atoms with van der Waals surface area (Å²) in [5.41, 5.74) is 3.16. The standard InChI is InChI=1S/C27H31NO2/c1-2-22-13-15-25(16-14-22)27(29,24-11-7-4-8-12-24)26(23-9-5-3-6-10-23)21-28-17-19-30-20-18-28/h3-16,26,29H,2,17-21H2,1H3/t26-,27+/m1/s1. The summed E-state index contributed by atoms with van der Waals surface area (Å²) in [6.07, 6.45) is 0.986. The van der Waals surface area contributed by atoms with Gasteiger partial charge in [0, 0.05) is 25.6 Å². The van der Waals surface area contributed by atoms with Crippen molar-refractivity contribution in [2.45, 2.75) is 24.9 Å². The maximum Gasteiger partial charge on any atom is 0.123 e. The zero-order valence-corrected chi connectivity index (χ0v) is 17.7. The Kier molecular flexibility index (Phi) is 6.63. The van der Waals surface area contributed by atoms with Crippen LogP contribution in [0.2, 0.25) is 0 Å². The fraction of sp³-hybridized carbons (Fsp3) is 0.333. The van der Waals surface area contributed by atoms with E-state index in [0.717, 1.165) is 56.0 Å². The lowest BCUT2D eigenvalue weighted by Gasteiger charge is -2.41. The van der Waals surface area contributed by atoms with E-state index in [1.165, 1.54) is 5.56 Å². The summed E-state index contributed by atoms with van der Waals surface area (Å²) in [6.45, 7) is 6.21. The molecule has 3 heteroatoms. The predicted molar refractivity (Wildman–Crippen MR) is 122 cm³/mol. The molecule has 1 N–H and O–H groups in total. The first-order valence-corrected chi connectivity index (χ1v) is 10.9. The van der Waals surface area contributed by atoms with Gasteiger partial charge in [0.1, 0.15) is 5.60 Å². The number of rotatable bonds is 7. The third-order valence-corrected chi connectivity index (χ3v) is 6.27.